The summed E-state index contributed by atoms with van der Waals surface area (Å²) < 4.78 is 13.1. The molecule has 0 spiro atoms. The molecule has 0 amide bonds. The minimum absolute atomic E-state index is 0.362. The number of aldehydes is 1. The van der Waals surface area contributed by atoms with Gasteiger partial charge >= 0.3 is 8.56 Å². The maximum Gasteiger partial charge on any atom is 0.407 e. The second-order valence-electron chi connectivity index (χ2n) is 6.82. The predicted octanol–water partition coefficient (Wildman–Crippen LogP) is 3.39. The summed E-state index contributed by atoms with van der Waals surface area (Å²) in [5, 5.41) is 2.14. The van der Waals surface area contributed by atoms with Gasteiger partial charge in [0.2, 0.25) is 0 Å². The second kappa shape index (κ2) is 9.43. The number of hydrogen-bond donors (Lipinski definition) is 0. The zero-order valence-corrected chi connectivity index (χ0v) is 16.6. The molecule has 0 N–H and O–H groups in total. The molecule has 0 atom stereocenters. The van der Waals surface area contributed by atoms with Gasteiger partial charge in [0.25, 0.3) is 0 Å². The Hall–Kier alpha value is -2.27. The van der Waals surface area contributed by atoms with Crippen LogP contribution in [-0.4, -0.2) is 27.1 Å². The molecule has 26 heavy (non-hydrogen) atoms. The molecule has 2 aromatic carbocycles. The topological polar surface area (TPSA) is 35.5 Å². The maximum atomic E-state index is 10.4. The Morgan fingerprint density at radius 1 is 0.846 bits per heavy atom. The van der Waals surface area contributed by atoms with Crippen molar-refractivity contribution in [3.8, 4) is 0 Å². The lowest BCUT2D eigenvalue weighted by Gasteiger charge is -2.37. The van der Waals surface area contributed by atoms with Crippen LogP contribution in [-0.2, 0) is 13.6 Å². The number of benzene rings is 2. The van der Waals surface area contributed by atoms with E-state index in [1.807, 2.05) is 63.2 Å². The minimum atomic E-state index is -2.90. The summed E-state index contributed by atoms with van der Waals surface area (Å²) in [4.78, 5) is 10.4. The van der Waals surface area contributed by atoms with E-state index in [1.54, 1.807) is 12.2 Å². The van der Waals surface area contributed by atoms with Crippen molar-refractivity contribution in [1.82, 2.24) is 0 Å². The zero-order valence-electron chi connectivity index (χ0n) is 15.6. The van der Waals surface area contributed by atoms with E-state index >= 15 is 0 Å². The molecule has 0 bridgehead atoms. The first-order valence-corrected chi connectivity index (χ1v) is 10.5. The Bertz CT molecular complexity index is 691. The van der Waals surface area contributed by atoms with Crippen molar-refractivity contribution in [3.63, 3.8) is 0 Å². The van der Waals surface area contributed by atoms with E-state index in [-0.39, 0.29) is 5.60 Å². The van der Waals surface area contributed by atoms with Gasteiger partial charge in [0.1, 0.15) is 6.29 Å². The van der Waals surface area contributed by atoms with Gasteiger partial charge in [-0.2, -0.15) is 0 Å². The normalized spacial score (nSPS) is 12.7. The molecule has 0 unspecified atom stereocenters. The average molecular weight is 367 g/mol. The monoisotopic (exact) mass is 366 g/mol. The maximum absolute atomic E-state index is 10.4. The number of carbonyl (C=O) groups excluding carboxylic acids is 1. The largest absolute Gasteiger partial charge is 0.407 e. The Kier molecular flexibility index (Phi) is 7.27. The van der Waals surface area contributed by atoms with Gasteiger partial charge in [-0.25, -0.2) is 0 Å². The fraction of sp³-hybridized carbons (Fsp3) is 0.227. The second-order valence-corrected chi connectivity index (χ2v) is 9.70. The first-order chi connectivity index (χ1) is 12.5. The quantitative estimate of drug-likeness (QED) is 0.311. The third-order valence-corrected chi connectivity index (χ3v) is 7.24. The lowest BCUT2D eigenvalue weighted by molar-refractivity contribution is -0.104. The highest BCUT2D eigenvalue weighted by atomic mass is 28.4. The number of rotatable bonds is 8. The van der Waals surface area contributed by atoms with Crippen LogP contribution < -0.4 is 10.4 Å². The van der Waals surface area contributed by atoms with Gasteiger partial charge in [0, 0.05) is 0 Å². The van der Waals surface area contributed by atoms with Crippen molar-refractivity contribution >= 4 is 25.2 Å². The standard InChI is InChI=1S/C22H26O3Si/c1-22(2,3)25-26(20-14-8-6-9-15-20,21-16-10-7-11-17-21)24-19-13-5-4-12-18-23/h4-18H,19H2,1-3H3/b12-4-,13-5+. The minimum Gasteiger partial charge on any atom is -0.384 e. The number of carbonyl (C=O) groups is 1. The fourth-order valence-electron chi connectivity index (χ4n) is 2.64. The van der Waals surface area contributed by atoms with Gasteiger partial charge in [-0.3, -0.25) is 4.79 Å². The smallest absolute Gasteiger partial charge is 0.384 e. The van der Waals surface area contributed by atoms with Crippen LogP contribution in [0.4, 0.5) is 0 Å². The molecule has 0 heterocycles. The summed E-state index contributed by atoms with van der Waals surface area (Å²) in [7, 11) is -2.90. The summed E-state index contributed by atoms with van der Waals surface area (Å²) in [6, 6.07) is 20.3. The van der Waals surface area contributed by atoms with E-state index in [0.29, 0.717) is 6.61 Å². The Balaban J connectivity index is 2.44. The van der Waals surface area contributed by atoms with Crippen molar-refractivity contribution in [3.05, 3.63) is 85.0 Å². The van der Waals surface area contributed by atoms with Crippen LogP contribution >= 0.6 is 0 Å². The third kappa shape index (κ3) is 5.63. The third-order valence-electron chi connectivity index (χ3n) is 3.58. The molecular formula is C22H26O3Si. The molecule has 0 aliphatic rings. The van der Waals surface area contributed by atoms with Crippen LogP contribution in [0.2, 0.25) is 0 Å². The van der Waals surface area contributed by atoms with Crippen LogP contribution in [0.5, 0.6) is 0 Å². The molecule has 136 valence electrons. The summed E-state index contributed by atoms with van der Waals surface area (Å²) in [6.45, 7) is 6.54. The molecule has 4 heteroatoms. The van der Waals surface area contributed by atoms with Gasteiger partial charge in [0.15, 0.2) is 0 Å². The number of hydrogen-bond acceptors (Lipinski definition) is 3. The van der Waals surface area contributed by atoms with E-state index in [4.69, 9.17) is 8.85 Å². The van der Waals surface area contributed by atoms with Gasteiger partial charge in [0.05, 0.1) is 12.2 Å². The summed E-state index contributed by atoms with van der Waals surface area (Å²) in [5.74, 6) is 0. The molecule has 0 aliphatic carbocycles. The lowest BCUT2D eigenvalue weighted by Crippen LogP contribution is -2.65. The Labute approximate surface area is 157 Å². The summed E-state index contributed by atoms with van der Waals surface area (Å²) in [5.41, 5.74) is -0.362. The first-order valence-electron chi connectivity index (χ1n) is 8.70. The van der Waals surface area contributed by atoms with E-state index in [0.717, 1.165) is 16.7 Å². The van der Waals surface area contributed by atoms with E-state index < -0.39 is 8.56 Å². The van der Waals surface area contributed by atoms with Gasteiger partial charge in [-0.05, 0) is 37.2 Å². The van der Waals surface area contributed by atoms with Crippen LogP contribution in [0.3, 0.4) is 0 Å². The molecule has 0 aromatic heterocycles. The lowest BCUT2D eigenvalue weighted by atomic mass is 10.2. The van der Waals surface area contributed by atoms with Crippen molar-refractivity contribution in [2.45, 2.75) is 26.4 Å². The molecular weight excluding hydrogens is 340 g/mol. The average Bonchev–Trinajstić information content (AvgIpc) is 2.64. The first kappa shape index (κ1) is 20.0. The van der Waals surface area contributed by atoms with Crippen molar-refractivity contribution < 1.29 is 13.6 Å². The highest BCUT2D eigenvalue weighted by Crippen LogP contribution is 2.19. The highest BCUT2D eigenvalue weighted by Gasteiger charge is 2.45. The molecule has 0 radical (unpaired) electrons. The highest BCUT2D eigenvalue weighted by molar-refractivity contribution is 6.92. The fourth-order valence-corrected chi connectivity index (χ4v) is 6.05. The van der Waals surface area contributed by atoms with E-state index in [2.05, 4.69) is 24.3 Å². The van der Waals surface area contributed by atoms with Crippen LogP contribution in [0, 0.1) is 0 Å². The van der Waals surface area contributed by atoms with Crippen LogP contribution in [0.1, 0.15) is 20.8 Å². The van der Waals surface area contributed by atoms with Crippen LogP contribution in [0.15, 0.2) is 85.0 Å². The summed E-state index contributed by atoms with van der Waals surface area (Å²) in [6.07, 6.45) is 7.58. The van der Waals surface area contributed by atoms with Gasteiger partial charge in [-0.15, -0.1) is 0 Å². The van der Waals surface area contributed by atoms with Crippen molar-refractivity contribution in [1.29, 1.82) is 0 Å². The Morgan fingerprint density at radius 2 is 1.38 bits per heavy atom. The molecule has 0 fully saturated rings. The van der Waals surface area contributed by atoms with Crippen molar-refractivity contribution in [2.75, 3.05) is 6.61 Å². The predicted molar refractivity (Wildman–Crippen MR) is 109 cm³/mol. The van der Waals surface area contributed by atoms with Crippen molar-refractivity contribution in [2.24, 2.45) is 0 Å². The zero-order chi connectivity index (χ0) is 18.9. The molecule has 0 saturated carbocycles. The number of allylic oxidation sites excluding steroid dienone is 3. The SMILES string of the molecule is CC(C)(C)O[Si](OC/C=C/C=C\C=O)(c1ccccc1)c1ccccc1. The molecule has 2 rings (SSSR count). The molecule has 0 saturated heterocycles. The van der Waals surface area contributed by atoms with Gasteiger partial charge in [-0.1, -0.05) is 78.9 Å². The summed E-state index contributed by atoms with van der Waals surface area (Å²) >= 11 is 0. The Morgan fingerprint density at radius 3 is 1.85 bits per heavy atom. The molecule has 3 nitrogen and oxygen atoms in total. The van der Waals surface area contributed by atoms with E-state index in [1.165, 1.54) is 6.08 Å². The molecule has 0 aliphatic heterocycles. The van der Waals surface area contributed by atoms with Gasteiger partial charge < -0.3 is 8.85 Å². The van der Waals surface area contributed by atoms with Crippen LogP contribution in [0.25, 0.3) is 0 Å². The molecule has 2 aromatic rings. The van der Waals surface area contributed by atoms with E-state index in [9.17, 15) is 4.79 Å².